The van der Waals surface area contributed by atoms with E-state index in [0.29, 0.717) is 11.8 Å². The molecule has 8 aromatic carbocycles. The number of para-hydroxylation sites is 2. The number of hydrogen-bond donors (Lipinski definition) is 0. The summed E-state index contributed by atoms with van der Waals surface area (Å²) in [7, 11) is 0. The van der Waals surface area contributed by atoms with Crippen LogP contribution in [0.5, 0.6) is 0 Å². The zero-order valence-corrected chi connectivity index (χ0v) is 43.1. The first-order valence-corrected chi connectivity index (χ1v) is 29.9. The Morgan fingerprint density at radius 3 is 1.83 bits per heavy atom. The number of aryl methyl sites for hydroxylation is 1. The molecule has 10 rings (SSSR count). The minimum atomic E-state index is -1.80. The second-order valence-electron chi connectivity index (χ2n) is 18.6. The van der Waals surface area contributed by atoms with Crippen LogP contribution in [0.15, 0.2) is 176 Å². The van der Waals surface area contributed by atoms with E-state index in [1.807, 2.05) is 6.07 Å². The molecule has 0 unspecified atom stereocenters. The first kappa shape index (κ1) is 45.7. The van der Waals surface area contributed by atoms with Gasteiger partial charge in [0, 0.05) is 25.8 Å². The zero-order valence-electron chi connectivity index (χ0n) is 38.6. The maximum absolute atomic E-state index is 5.24. The Morgan fingerprint density at radius 2 is 1.17 bits per heavy atom. The standard InChI is InChI=1S/C39H33N2.C21H22GeN.Ir/c1-25(2)34-23-31(27-12-6-5-7-13-27)24-35(26(3)4)38(34)41-37-17-11-10-16-36(37)40-39(41)30-20-21-33-29(22-30)19-18-28-14-8-9-15-32(28)33;1-16-10-11-18(14-20(16)17-8-6-5-7-9-17)21-13-12-19(15-23-21)22(2,3)4;/h5-19,21-26H,1-4H3;5-10,12-15H,1-4H3;/q2*-1;. The van der Waals surface area contributed by atoms with Gasteiger partial charge in [-0.3, -0.25) is 4.98 Å². The number of imidazole rings is 1. The number of hydrogen-bond acceptors (Lipinski definition) is 2. The van der Waals surface area contributed by atoms with Crippen molar-refractivity contribution in [2.24, 2.45) is 0 Å². The van der Waals surface area contributed by atoms with E-state index in [0.717, 1.165) is 33.7 Å². The number of nitrogens with zero attached hydrogens (tertiary/aromatic N) is 3. The molecule has 0 aliphatic heterocycles. The van der Waals surface area contributed by atoms with Crippen LogP contribution in [0.2, 0.25) is 17.3 Å². The molecule has 3 nitrogen and oxygen atoms in total. The summed E-state index contributed by atoms with van der Waals surface area (Å²) in [5, 5.41) is 4.91. The fourth-order valence-electron chi connectivity index (χ4n) is 8.76. The third kappa shape index (κ3) is 9.45. The summed E-state index contributed by atoms with van der Waals surface area (Å²) in [5.74, 6) is 8.75. The van der Waals surface area contributed by atoms with E-state index < -0.39 is 13.3 Å². The normalized spacial score (nSPS) is 11.5. The minimum absolute atomic E-state index is 0. The number of fused-ring (bicyclic) bond motifs is 4. The van der Waals surface area contributed by atoms with Gasteiger partial charge in [0.2, 0.25) is 0 Å². The summed E-state index contributed by atoms with van der Waals surface area (Å²) in [6.07, 6.45) is 2.06. The van der Waals surface area contributed by atoms with Crippen molar-refractivity contribution in [1.29, 1.82) is 0 Å². The van der Waals surface area contributed by atoms with Gasteiger partial charge >= 0.3 is 142 Å². The van der Waals surface area contributed by atoms with Crippen molar-refractivity contribution >= 4 is 50.2 Å². The maximum atomic E-state index is 5.24. The number of benzene rings is 8. The van der Waals surface area contributed by atoms with Gasteiger partial charge in [-0.1, -0.05) is 117 Å². The number of pyridine rings is 1. The van der Waals surface area contributed by atoms with E-state index in [9.17, 15) is 0 Å². The predicted octanol–water partition coefficient (Wildman–Crippen LogP) is 15.8. The Kier molecular flexibility index (Phi) is 13.5. The smallest absolute Gasteiger partial charge is 0 e. The van der Waals surface area contributed by atoms with Crippen LogP contribution in [0.1, 0.15) is 56.2 Å². The van der Waals surface area contributed by atoms with Crippen LogP contribution in [0, 0.1) is 19.1 Å². The van der Waals surface area contributed by atoms with Crippen LogP contribution in [-0.2, 0) is 20.1 Å². The molecule has 0 spiro atoms. The third-order valence-corrected chi connectivity index (χ3v) is 16.6. The van der Waals surface area contributed by atoms with Gasteiger partial charge in [0.25, 0.3) is 0 Å². The van der Waals surface area contributed by atoms with E-state index in [1.54, 1.807) is 0 Å². The van der Waals surface area contributed by atoms with Crippen molar-refractivity contribution in [3.63, 3.8) is 0 Å². The van der Waals surface area contributed by atoms with Gasteiger partial charge in [-0.05, 0) is 63.7 Å². The van der Waals surface area contributed by atoms with Crippen molar-refractivity contribution in [1.82, 2.24) is 14.5 Å². The van der Waals surface area contributed by atoms with E-state index >= 15 is 0 Å². The molecule has 2 aromatic heterocycles. The van der Waals surface area contributed by atoms with Crippen LogP contribution in [0.4, 0.5) is 0 Å². The monoisotopic (exact) mass is 1080 g/mol. The Hall–Kier alpha value is -5.91. The molecule has 0 saturated carbocycles. The average molecular weight is 1080 g/mol. The Labute approximate surface area is 401 Å². The Bertz CT molecular complexity index is 3220. The molecule has 1 radical (unpaired) electrons. The summed E-state index contributed by atoms with van der Waals surface area (Å²) in [6, 6.07) is 67.5. The molecule has 0 fully saturated rings. The zero-order chi connectivity index (χ0) is 44.5. The largest absolute Gasteiger partial charge is 0 e. The van der Waals surface area contributed by atoms with Gasteiger partial charge in [0.05, 0.1) is 16.9 Å². The minimum Gasteiger partial charge on any atom is 0 e. The van der Waals surface area contributed by atoms with Crippen molar-refractivity contribution in [3.05, 3.63) is 205 Å². The first-order valence-electron chi connectivity index (χ1n) is 22.5. The molecule has 325 valence electrons. The van der Waals surface area contributed by atoms with Crippen LogP contribution in [-0.4, -0.2) is 27.8 Å². The molecule has 0 N–H and O–H groups in total. The number of aromatic nitrogens is 3. The third-order valence-electron chi connectivity index (χ3n) is 12.4. The van der Waals surface area contributed by atoms with Crippen molar-refractivity contribution in [3.8, 4) is 50.6 Å². The van der Waals surface area contributed by atoms with Crippen LogP contribution in [0.3, 0.4) is 0 Å². The average Bonchev–Trinajstić information content (AvgIpc) is 3.71. The van der Waals surface area contributed by atoms with E-state index in [2.05, 4.69) is 239 Å². The topological polar surface area (TPSA) is 30.7 Å². The number of rotatable bonds is 8. The van der Waals surface area contributed by atoms with Crippen molar-refractivity contribution in [2.75, 3.05) is 0 Å². The van der Waals surface area contributed by atoms with Gasteiger partial charge in [-0.25, -0.2) is 0 Å². The molecule has 0 aliphatic carbocycles. The van der Waals surface area contributed by atoms with Gasteiger partial charge in [0.1, 0.15) is 0 Å². The first-order chi connectivity index (χ1) is 30.9. The van der Waals surface area contributed by atoms with Gasteiger partial charge < -0.3 is 4.57 Å². The molecule has 2 heterocycles. The quantitative estimate of drug-likeness (QED) is 0.0862. The summed E-state index contributed by atoms with van der Waals surface area (Å²) in [6.45, 7) is 11.3. The van der Waals surface area contributed by atoms with Gasteiger partial charge in [-0.2, -0.15) is 0 Å². The van der Waals surface area contributed by atoms with Crippen molar-refractivity contribution in [2.45, 2.75) is 63.7 Å². The molecule has 0 aliphatic rings. The van der Waals surface area contributed by atoms with Crippen LogP contribution >= 0.6 is 0 Å². The molecule has 65 heavy (non-hydrogen) atoms. The van der Waals surface area contributed by atoms with Crippen LogP contribution < -0.4 is 4.40 Å². The summed E-state index contributed by atoms with van der Waals surface area (Å²) in [5.41, 5.74) is 15.3. The maximum Gasteiger partial charge on any atom is 0 e. The Morgan fingerprint density at radius 1 is 0.554 bits per heavy atom. The van der Waals surface area contributed by atoms with E-state index in [1.165, 1.54) is 70.6 Å². The molecule has 0 atom stereocenters. The van der Waals surface area contributed by atoms with Gasteiger partial charge in [0.15, 0.2) is 0 Å². The summed E-state index contributed by atoms with van der Waals surface area (Å²) < 4.78 is 3.83. The molecule has 10 aromatic rings. The molecule has 0 amide bonds. The van der Waals surface area contributed by atoms with Gasteiger partial charge in [-0.15, -0.1) is 29.1 Å². The Balaban J connectivity index is 0.000000204. The molecule has 0 saturated heterocycles. The molecular formula is C60H55GeIrN3-2. The molecule has 5 heteroatoms. The molecular weight excluding hydrogens is 1030 g/mol. The molecule has 0 bridgehead atoms. The van der Waals surface area contributed by atoms with E-state index in [-0.39, 0.29) is 20.1 Å². The van der Waals surface area contributed by atoms with E-state index in [4.69, 9.17) is 9.97 Å². The summed E-state index contributed by atoms with van der Waals surface area (Å²) >= 11 is -1.80. The fraction of sp³-hybridized carbons (Fsp3) is 0.167. The predicted molar refractivity (Wildman–Crippen MR) is 276 cm³/mol. The second kappa shape index (κ2) is 19.3. The summed E-state index contributed by atoms with van der Waals surface area (Å²) in [4.78, 5) is 9.94. The SMILES string of the molecule is CC(C)c1cc(-c2ccccc2)cc(C(C)C)c1-n1c(-c2[c-]cc3c(ccc4ccccc43)c2)nc2ccccc21.Cc1c[c-]c(-c2cc[c]([Ge]([CH3])([CH3])[CH3])cn2)cc1-c1ccccc1.[Ir]. The van der Waals surface area contributed by atoms with Crippen molar-refractivity contribution < 1.29 is 20.1 Å². The van der Waals surface area contributed by atoms with Crippen LogP contribution in [0.25, 0.3) is 83.2 Å². The fourth-order valence-corrected chi connectivity index (χ4v) is 10.9. The second-order valence-corrected chi connectivity index (χ2v) is 29.2.